The molecule has 2 aromatic carbocycles. The second-order valence-corrected chi connectivity index (χ2v) is 8.56. The number of hydrogen-bond donors (Lipinski definition) is 1. The van der Waals surface area contributed by atoms with E-state index in [1.807, 2.05) is 24.3 Å². The molecule has 1 amide bonds. The number of hydrogen-bond acceptors (Lipinski definition) is 5. The number of rotatable bonds is 7. The molecule has 0 aliphatic rings. The van der Waals surface area contributed by atoms with E-state index in [1.165, 1.54) is 44.7 Å². The van der Waals surface area contributed by atoms with Crippen LogP contribution in [-0.4, -0.2) is 47.5 Å². The van der Waals surface area contributed by atoms with E-state index in [0.29, 0.717) is 18.7 Å². The zero-order valence-corrected chi connectivity index (χ0v) is 16.4. The van der Waals surface area contributed by atoms with Crippen LogP contribution in [0.2, 0.25) is 0 Å². The average Bonchev–Trinajstić information content (AvgIpc) is 3.20. The van der Waals surface area contributed by atoms with Crippen molar-refractivity contribution in [3.63, 3.8) is 0 Å². The van der Waals surface area contributed by atoms with E-state index in [0.717, 1.165) is 15.4 Å². The zero-order valence-electron chi connectivity index (χ0n) is 15.6. The van der Waals surface area contributed by atoms with Gasteiger partial charge in [0, 0.05) is 26.2 Å². The van der Waals surface area contributed by atoms with Crippen LogP contribution in [0.5, 0.6) is 0 Å². The predicted octanol–water partition coefficient (Wildman–Crippen LogP) is 1.51. The Morgan fingerprint density at radius 3 is 2.25 bits per heavy atom. The topological polar surface area (TPSA) is 97.2 Å². The Kier molecular flexibility index (Phi) is 5.86. The van der Waals surface area contributed by atoms with Crippen LogP contribution in [0.4, 0.5) is 0 Å². The smallest absolute Gasteiger partial charge is 0.251 e. The lowest BCUT2D eigenvalue weighted by Crippen LogP contribution is -2.24. The summed E-state index contributed by atoms with van der Waals surface area (Å²) >= 11 is 0. The molecule has 0 atom stereocenters. The highest BCUT2D eigenvalue weighted by Crippen LogP contribution is 2.14. The maximum atomic E-state index is 12.3. The molecule has 1 heterocycles. The Balaban J connectivity index is 1.58. The van der Waals surface area contributed by atoms with Crippen LogP contribution >= 0.6 is 0 Å². The number of carbonyl (C=O) groups is 1. The Morgan fingerprint density at radius 1 is 1.04 bits per heavy atom. The first-order valence-electron chi connectivity index (χ1n) is 8.57. The van der Waals surface area contributed by atoms with Gasteiger partial charge >= 0.3 is 0 Å². The molecule has 0 spiro atoms. The summed E-state index contributed by atoms with van der Waals surface area (Å²) in [5, 5.41) is 6.90. The normalized spacial score (nSPS) is 11.5. The molecule has 0 radical (unpaired) electrons. The van der Waals surface area contributed by atoms with Gasteiger partial charge in [0.1, 0.15) is 12.7 Å². The molecule has 9 heteroatoms. The maximum Gasteiger partial charge on any atom is 0.251 e. The molecule has 1 aromatic heterocycles. The first kappa shape index (κ1) is 19.7. The van der Waals surface area contributed by atoms with E-state index in [2.05, 4.69) is 15.4 Å². The molecule has 28 heavy (non-hydrogen) atoms. The van der Waals surface area contributed by atoms with Crippen molar-refractivity contribution in [3.8, 4) is 0 Å². The summed E-state index contributed by atoms with van der Waals surface area (Å²) in [5.41, 5.74) is 2.45. The summed E-state index contributed by atoms with van der Waals surface area (Å²) in [4.78, 5) is 16.4. The number of aromatic nitrogens is 3. The minimum absolute atomic E-state index is 0.150. The van der Waals surface area contributed by atoms with Crippen LogP contribution in [0.25, 0.3) is 0 Å². The standard InChI is InChI=1S/C19H21N5O3S/c1-23(2)28(26,27)18-9-7-17(8-10-18)19(25)21-11-15-3-5-16(6-4-15)12-24-14-20-13-22-24/h3-10,13-14H,11-12H2,1-2H3,(H,21,25). The van der Waals surface area contributed by atoms with Crippen LogP contribution in [0.1, 0.15) is 21.5 Å². The molecule has 0 aliphatic heterocycles. The van der Waals surface area contributed by atoms with Gasteiger partial charge < -0.3 is 5.32 Å². The Bertz CT molecular complexity index is 1030. The van der Waals surface area contributed by atoms with E-state index in [4.69, 9.17) is 0 Å². The van der Waals surface area contributed by atoms with E-state index >= 15 is 0 Å². The van der Waals surface area contributed by atoms with Gasteiger partial charge in [-0.3, -0.25) is 4.79 Å². The van der Waals surface area contributed by atoms with Gasteiger partial charge in [0.05, 0.1) is 11.4 Å². The molecule has 146 valence electrons. The molecule has 0 saturated heterocycles. The summed E-state index contributed by atoms with van der Waals surface area (Å²) in [5.74, 6) is -0.263. The molecular weight excluding hydrogens is 378 g/mol. The van der Waals surface area contributed by atoms with Gasteiger partial charge in [0.25, 0.3) is 5.91 Å². The highest BCUT2D eigenvalue weighted by molar-refractivity contribution is 7.89. The van der Waals surface area contributed by atoms with Gasteiger partial charge in [-0.1, -0.05) is 24.3 Å². The van der Waals surface area contributed by atoms with Crippen molar-refractivity contribution in [3.05, 3.63) is 77.9 Å². The summed E-state index contributed by atoms with van der Waals surface area (Å²) < 4.78 is 27.0. The van der Waals surface area contributed by atoms with E-state index < -0.39 is 10.0 Å². The number of benzene rings is 2. The van der Waals surface area contributed by atoms with Crippen molar-refractivity contribution in [1.82, 2.24) is 24.4 Å². The van der Waals surface area contributed by atoms with Crippen molar-refractivity contribution in [1.29, 1.82) is 0 Å². The molecule has 1 N–H and O–H groups in total. The van der Waals surface area contributed by atoms with Crippen molar-refractivity contribution >= 4 is 15.9 Å². The van der Waals surface area contributed by atoms with E-state index in [1.54, 1.807) is 11.0 Å². The number of nitrogens with zero attached hydrogens (tertiary/aromatic N) is 4. The fourth-order valence-electron chi connectivity index (χ4n) is 2.54. The van der Waals surface area contributed by atoms with E-state index in [9.17, 15) is 13.2 Å². The third-order valence-corrected chi connectivity index (χ3v) is 6.01. The Labute approximate surface area is 163 Å². The van der Waals surface area contributed by atoms with E-state index in [-0.39, 0.29) is 10.8 Å². The van der Waals surface area contributed by atoms with Crippen molar-refractivity contribution < 1.29 is 13.2 Å². The third kappa shape index (κ3) is 4.62. The lowest BCUT2D eigenvalue weighted by Gasteiger charge is -2.11. The second-order valence-electron chi connectivity index (χ2n) is 6.40. The van der Waals surface area contributed by atoms with Gasteiger partial charge in [0.2, 0.25) is 10.0 Å². The predicted molar refractivity (Wildman–Crippen MR) is 104 cm³/mol. The highest BCUT2D eigenvalue weighted by atomic mass is 32.2. The summed E-state index contributed by atoms with van der Waals surface area (Å²) in [6.45, 7) is 1.01. The number of amides is 1. The lowest BCUT2D eigenvalue weighted by molar-refractivity contribution is 0.0951. The zero-order chi connectivity index (χ0) is 20.1. The second kappa shape index (κ2) is 8.32. The number of nitrogens with one attached hydrogen (secondary N) is 1. The third-order valence-electron chi connectivity index (χ3n) is 4.18. The molecule has 0 saturated carbocycles. The summed E-state index contributed by atoms with van der Waals surface area (Å²) in [7, 11) is -0.575. The molecular formula is C19H21N5O3S. The first-order chi connectivity index (χ1) is 13.4. The largest absolute Gasteiger partial charge is 0.348 e. The van der Waals surface area contributed by atoms with Gasteiger partial charge in [-0.05, 0) is 35.4 Å². The minimum Gasteiger partial charge on any atom is -0.348 e. The average molecular weight is 399 g/mol. The van der Waals surface area contributed by atoms with Gasteiger partial charge in [-0.25, -0.2) is 22.4 Å². The quantitative estimate of drug-likeness (QED) is 0.649. The van der Waals surface area contributed by atoms with Gasteiger partial charge in [-0.2, -0.15) is 5.10 Å². The van der Waals surface area contributed by atoms with Crippen molar-refractivity contribution in [2.24, 2.45) is 0 Å². The summed E-state index contributed by atoms with van der Waals surface area (Å²) in [6.07, 6.45) is 3.15. The molecule has 0 bridgehead atoms. The van der Waals surface area contributed by atoms with Crippen LogP contribution in [-0.2, 0) is 23.1 Å². The van der Waals surface area contributed by atoms with Crippen LogP contribution in [0, 0.1) is 0 Å². The monoisotopic (exact) mass is 399 g/mol. The van der Waals surface area contributed by atoms with Crippen LogP contribution in [0.15, 0.2) is 66.1 Å². The fourth-order valence-corrected chi connectivity index (χ4v) is 3.44. The first-order valence-corrected chi connectivity index (χ1v) is 10.0. The highest BCUT2D eigenvalue weighted by Gasteiger charge is 2.17. The molecule has 0 unspecified atom stereocenters. The lowest BCUT2D eigenvalue weighted by atomic mass is 10.1. The van der Waals surface area contributed by atoms with Crippen LogP contribution in [0.3, 0.4) is 0 Å². The van der Waals surface area contributed by atoms with Crippen molar-refractivity contribution in [2.75, 3.05) is 14.1 Å². The molecule has 0 aliphatic carbocycles. The Morgan fingerprint density at radius 2 is 1.68 bits per heavy atom. The molecule has 8 nitrogen and oxygen atoms in total. The van der Waals surface area contributed by atoms with Crippen LogP contribution < -0.4 is 5.32 Å². The SMILES string of the molecule is CN(C)S(=O)(=O)c1ccc(C(=O)NCc2ccc(Cn3cncn3)cc2)cc1. The van der Waals surface area contributed by atoms with Gasteiger partial charge in [0.15, 0.2) is 0 Å². The summed E-state index contributed by atoms with van der Waals surface area (Å²) in [6, 6.07) is 13.7. The molecule has 3 aromatic rings. The minimum atomic E-state index is -3.51. The van der Waals surface area contributed by atoms with Gasteiger partial charge in [-0.15, -0.1) is 0 Å². The fraction of sp³-hybridized carbons (Fsp3) is 0.211. The number of carbonyl (C=O) groups excluding carboxylic acids is 1. The van der Waals surface area contributed by atoms with Crippen molar-refractivity contribution in [2.45, 2.75) is 18.0 Å². The molecule has 3 rings (SSSR count). The maximum absolute atomic E-state index is 12.3. The molecule has 0 fully saturated rings. The Hall–Kier alpha value is -3.04. The number of sulfonamides is 1.